The highest BCUT2D eigenvalue weighted by atomic mass is 32.2. The summed E-state index contributed by atoms with van der Waals surface area (Å²) in [6.45, 7) is 4.27. The predicted molar refractivity (Wildman–Crippen MR) is 93.1 cm³/mol. The molecule has 0 radical (unpaired) electrons. The molecule has 0 atom stereocenters. The highest BCUT2D eigenvalue weighted by molar-refractivity contribution is 7.87. The maximum Gasteiger partial charge on any atom is 0.339 e. The molecule has 0 bridgehead atoms. The number of methoxy groups -OCH3 is 1. The van der Waals surface area contributed by atoms with E-state index in [0.29, 0.717) is 18.1 Å². The third-order valence-electron chi connectivity index (χ3n) is 3.17. The van der Waals surface area contributed by atoms with Crippen molar-refractivity contribution in [1.29, 1.82) is 0 Å². The fraction of sp³-hybridized carbons (Fsp3) is 0.222. The summed E-state index contributed by atoms with van der Waals surface area (Å²) in [5, 5.41) is 0. The topological polar surface area (TPSA) is 61.8 Å². The van der Waals surface area contributed by atoms with E-state index in [1.54, 1.807) is 30.3 Å². The van der Waals surface area contributed by atoms with Gasteiger partial charge < -0.3 is 13.7 Å². The zero-order valence-electron chi connectivity index (χ0n) is 13.9. The van der Waals surface area contributed by atoms with Crippen LogP contribution in [0.25, 0.3) is 6.08 Å². The summed E-state index contributed by atoms with van der Waals surface area (Å²) in [4.78, 5) is 0.0468. The molecule has 0 aliphatic rings. The van der Waals surface area contributed by atoms with E-state index in [0.717, 1.165) is 5.56 Å². The zero-order valence-corrected chi connectivity index (χ0v) is 14.7. The summed E-state index contributed by atoms with van der Waals surface area (Å²) in [5.74, 6) is 1.09. The maximum atomic E-state index is 12.4. The SMILES string of the molecule is C/C=C/c1ccc(OS(=O)(=O)c2ccc(OCC)cc2)c(OC)c1. The Kier molecular flexibility index (Phi) is 5.87. The lowest BCUT2D eigenvalue weighted by Gasteiger charge is -2.12. The van der Waals surface area contributed by atoms with E-state index in [9.17, 15) is 8.42 Å². The summed E-state index contributed by atoms with van der Waals surface area (Å²) in [7, 11) is -2.49. The van der Waals surface area contributed by atoms with Gasteiger partial charge in [0.15, 0.2) is 11.5 Å². The van der Waals surface area contributed by atoms with E-state index < -0.39 is 10.1 Å². The van der Waals surface area contributed by atoms with Gasteiger partial charge in [-0.1, -0.05) is 18.2 Å². The van der Waals surface area contributed by atoms with Gasteiger partial charge in [-0.05, 0) is 55.8 Å². The monoisotopic (exact) mass is 348 g/mol. The standard InChI is InChI=1S/C18H20O5S/c1-4-6-14-7-12-17(18(13-14)21-3)23-24(19,20)16-10-8-15(9-11-16)22-5-2/h4,6-13H,5H2,1-3H3/b6-4+. The average molecular weight is 348 g/mol. The Bertz CT molecular complexity index is 808. The van der Waals surface area contributed by atoms with Crippen LogP contribution in [0.5, 0.6) is 17.2 Å². The largest absolute Gasteiger partial charge is 0.494 e. The van der Waals surface area contributed by atoms with Crippen LogP contribution in [-0.4, -0.2) is 22.1 Å². The number of hydrogen-bond acceptors (Lipinski definition) is 5. The molecule has 2 aromatic rings. The molecule has 2 aromatic carbocycles. The number of rotatable bonds is 7. The number of ether oxygens (including phenoxy) is 2. The van der Waals surface area contributed by atoms with Crippen LogP contribution in [0.1, 0.15) is 19.4 Å². The Morgan fingerprint density at radius 3 is 2.33 bits per heavy atom. The van der Waals surface area contributed by atoms with Gasteiger partial charge in [-0.15, -0.1) is 0 Å². The Morgan fingerprint density at radius 1 is 1.04 bits per heavy atom. The van der Waals surface area contributed by atoms with E-state index in [1.165, 1.54) is 19.2 Å². The quantitative estimate of drug-likeness (QED) is 0.710. The van der Waals surface area contributed by atoms with Crippen molar-refractivity contribution in [3.63, 3.8) is 0 Å². The van der Waals surface area contributed by atoms with Crippen LogP contribution >= 0.6 is 0 Å². The molecule has 0 aliphatic heterocycles. The lowest BCUT2D eigenvalue weighted by molar-refractivity contribution is 0.340. The van der Waals surface area contributed by atoms with Crippen molar-refractivity contribution in [3.05, 3.63) is 54.1 Å². The van der Waals surface area contributed by atoms with Crippen molar-refractivity contribution in [1.82, 2.24) is 0 Å². The lowest BCUT2D eigenvalue weighted by Crippen LogP contribution is -2.10. The van der Waals surface area contributed by atoms with E-state index >= 15 is 0 Å². The van der Waals surface area contributed by atoms with Gasteiger partial charge in [0.1, 0.15) is 10.6 Å². The minimum absolute atomic E-state index is 0.0468. The molecule has 0 spiro atoms. The van der Waals surface area contributed by atoms with Gasteiger partial charge in [-0.25, -0.2) is 0 Å². The molecule has 5 nitrogen and oxygen atoms in total. The minimum atomic E-state index is -3.96. The first kappa shape index (κ1) is 17.9. The van der Waals surface area contributed by atoms with Crippen LogP contribution in [0.2, 0.25) is 0 Å². The molecule has 2 rings (SSSR count). The van der Waals surface area contributed by atoms with E-state index in [2.05, 4.69) is 0 Å². The fourth-order valence-electron chi connectivity index (χ4n) is 2.08. The van der Waals surface area contributed by atoms with Crippen LogP contribution in [-0.2, 0) is 10.1 Å². The van der Waals surface area contributed by atoms with Crippen molar-refractivity contribution in [2.75, 3.05) is 13.7 Å². The highest BCUT2D eigenvalue weighted by Crippen LogP contribution is 2.31. The van der Waals surface area contributed by atoms with Gasteiger partial charge in [0.05, 0.1) is 13.7 Å². The third-order valence-corrected chi connectivity index (χ3v) is 4.42. The van der Waals surface area contributed by atoms with Gasteiger partial charge in [0.2, 0.25) is 0 Å². The number of benzene rings is 2. The second-order valence-electron chi connectivity index (χ2n) is 4.85. The van der Waals surface area contributed by atoms with Crippen LogP contribution in [0.4, 0.5) is 0 Å². The molecule has 0 heterocycles. The van der Waals surface area contributed by atoms with Crippen LogP contribution < -0.4 is 13.7 Å². The molecule has 0 saturated carbocycles. The van der Waals surface area contributed by atoms with Crippen LogP contribution in [0.15, 0.2) is 53.4 Å². The molecule has 128 valence electrons. The van der Waals surface area contributed by atoms with Crippen molar-refractivity contribution in [2.45, 2.75) is 18.7 Å². The predicted octanol–water partition coefficient (Wildman–Crippen LogP) is 3.89. The van der Waals surface area contributed by atoms with Gasteiger partial charge in [0.25, 0.3) is 0 Å². The molecule has 0 amide bonds. The first-order valence-corrected chi connectivity index (χ1v) is 8.89. The first-order valence-electron chi connectivity index (χ1n) is 7.48. The summed E-state index contributed by atoms with van der Waals surface area (Å²) >= 11 is 0. The Morgan fingerprint density at radius 2 is 1.75 bits per heavy atom. The minimum Gasteiger partial charge on any atom is -0.494 e. The molecular weight excluding hydrogens is 328 g/mol. The van der Waals surface area contributed by atoms with Gasteiger partial charge in [-0.2, -0.15) is 8.42 Å². The second-order valence-corrected chi connectivity index (χ2v) is 6.40. The summed E-state index contributed by atoms with van der Waals surface area (Å²) in [6, 6.07) is 11.1. The van der Waals surface area contributed by atoms with Gasteiger partial charge in [-0.3, -0.25) is 0 Å². The first-order chi connectivity index (χ1) is 11.5. The summed E-state index contributed by atoms with van der Waals surface area (Å²) < 4.78 is 40.6. The average Bonchev–Trinajstić information content (AvgIpc) is 2.57. The summed E-state index contributed by atoms with van der Waals surface area (Å²) in [5.41, 5.74) is 0.889. The molecular formula is C18H20O5S. The molecule has 0 aliphatic carbocycles. The second kappa shape index (κ2) is 7.88. The highest BCUT2D eigenvalue weighted by Gasteiger charge is 2.19. The molecule has 0 N–H and O–H groups in total. The fourth-order valence-corrected chi connectivity index (χ4v) is 3.02. The summed E-state index contributed by atoms with van der Waals surface area (Å²) in [6.07, 6.45) is 3.76. The van der Waals surface area contributed by atoms with E-state index in [-0.39, 0.29) is 10.6 Å². The molecule has 0 saturated heterocycles. The van der Waals surface area contributed by atoms with Crippen molar-refractivity contribution >= 4 is 16.2 Å². The zero-order chi connectivity index (χ0) is 17.6. The molecule has 0 aromatic heterocycles. The van der Waals surface area contributed by atoms with Crippen molar-refractivity contribution < 1.29 is 22.1 Å². The van der Waals surface area contributed by atoms with Gasteiger partial charge >= 0.3 is 10.1 Å². The van der Waals surface area contributed by atoms with E-state index in [4.69, 9.17) is 13.7 Å². The molecule has 0 fully saturated rings. The molecule has 0 unspecified atom stereocenters. The molecule has 24 heavy (non-hydrogen) atoms. The van der Waals surface area contributed by atoms with E-state index in [1.807, 2.05) is 26.0 Å². The van der Waals surface area contributed by atoms with Gasteiger partial charge in [0, 0.05) is 0 Å². The van der Waals surface area contributed by atoms with Crippen molar-refractivity contribution in [2.24, 2.45) is 0 Å². The lowest BCUT2D eigenvalue weighted by atomic mass is 10.2. The Balaban J connectivity index is 2.28. The Hall–Kier alpha value is -2.47. The maximum absolute atomic E-state index is 12.4. The number of allylic oxidation sites excluding steroid dienone is 1. The number of hydrogen-bond donors (Lipinski definition) is 0. The van der Waals surface area contributed by atoms with Crippen LogP contribution in [0, 0.1) is 0 Å². The van der Waals surface area contributed by atoms with Crippen LogP contribution in [0.3, 0.4) is 0 Å². The van der Waals surface area contributed by atoms with Crippen molar-refractivity contribution in [3.8, 4) is 17.2 Å². The smallest absolute Gasteiger partial charge is 0.339 e. The normalized spacial score (nSPS) is 11.5. The molecule has 6 heteroatoms. The third kappa shape index (κ3) is 4.29. The Labute approximate surface area is 142 Å².